The van der Waals surface area contributed by atoms with Gasteiger partial charge in [-0.3, -0.25) is 14.4 Å². The third-order valence-corrected chi connectivity index (χ3v) is 5.93. The molecule has 0 atom stereocenters. The van der Waals surface area contributed by atoms with Gasteiger partial charge in [-0.1, -0.05) is 55.3 Å². The average molecular weight is 504 g/mol. The number of unbranched alkanes of at least 4 members (excludes halogenated alkanes) is 1. The number of aryl methyl sites for hydroxylation is 1. The predicted octanol–water partition coefficient (Wildman–Crippen LogP) is 5.11. The van der Waals surface area contributed by atoms with Crippen LogP contribution in [-0.4, -0.2) is 37.7 Å². The molecule has 1 amide bonds. The molecule has 2 aromatic rings. The number of halogens is 1. The summed E-state index contributed by atoms with van der Waals surface area (Å²) in [7, 11) is 0. The van der Waals surface area contributed by atoms with Gasteiger partial charge in [0.1, 0.15) is 19.0 Å². The normalized spacial score (nSPS) is 11.1. The van der Waals surface area contributed by atoms with Gasteiger partial charge >= 0.3 is 11.9 Å². The van der Waals surface area contributed by atoms with Crippen molar-refractivity contribution in [3.05, 3.63) is 53.1 Å². The van der Waals surface area contributed by atoms with E-state index in [0.717, 1.165) is 29.5 Å². The molecule has 7 nitrogen and oxygen atoms in total. The van der Waals surface area contributed by atoms with E-state index < -0.39 is 23.3 Å². The van der Waals surface area contributed by atoms with Gasteiger partial charge in [0.05, 0.1) is 11.6 Å². The highest BCUT2D eigenvalue weighted by atomic mass is 35.5. The van der Waals surface area contributed by atoms with E-state index in [1.807, 2.05) is 42.5 Å². The van der Waals surface area contributed by atoms with Gasteiger partial charge in [-0.25, -0.2) is 0 Å². The lowest BCUT2D eigenvalue weighted by atomic mass is 9.80. The molecule has 0 aromatic heterocycles. The summed E-state index contributed by atoms with van der Waals surface area (Å²) in [6.45, 7) is 5.18. The molecule has 0 aliphatic rings. The van der Waals surface area contributed by atoms with Crippen LogP contribution in [0.25, 0.3) is 11.1 Å². The SMILES string of the molecule is CCCCOc1ccc(-c2ccc(CCC(COC(C)=O)(COC(C)=O)CC(N)=O)cc2)cc1Cl. The first-order valence-corrected chi connectivity index (χ1v) is 12.1. The number of esters is 2. The molecule has 2 rings (SSSR count). The highest BCUT2D eigenvalue weighted by Crippen LogP contribution is 2.32. The van der Waals surface area contributed by atoms with Gasteiger partial charge in [0.25, 0.3) is 0 Å². The molecule has 0 bridgehead atoms. The van der Waals surface area contributed by atoms with Crippen molar-refractivity contribution in [2.45, 2.75) is 52.9 Å². The van der Waals surface area contributed by atoms with Crippen molar-refractivity contribution in [2.75, 3.05) is 19.8 Å². The Morgan fingerprint density at radius 3 is 2.06 bits per heavy atom. The van der Waals surface area contributed by atoms with Gasteiger partial charge < -0.3 is 19.9 Å². The Labute approximate surface area is 211 Å². The van der Waals surface area contributed by atoms with E-state index in [2.05, 4.69) is 6.92 Å². The van der Waals surface area contributed by atoms with Crippen molar-refractivity contribution in [3.8, 4) is 16.9 Å². The molecule has 0 radical (unpaired) electrons. The number of carbonyl (C=O) groups is 3. The second kappa shape index (κ2) is 13.7. The summed E-state index contributed by atoms with van der Waals surface area (Å²) >= 11 is 6.40. The van der Waals surface area contributed by atoms with Crippen molar-refractivity contribution in [1.29, 1.82) is 0 Å². The average Bonchev–Trinajstić information content (AvgIpc) is 2.81. The summed E-state index contributed by atoms with van der Waals surface area (Å²) < 4.78 is 16.1. The van der Waals surface area contributed by atoms with Gasteiger partial charge in [-0.15, -0.1) is 0 Å². The van der Waals surface area contributed by atoms with Crippen LogP contribution in [0.15, 0.2) is 42.5 Å². The van der Waals surface area contributed by atoms with Crippen molar-refractivity contribution >= 4 is 29.4 Å². The highest BCUT2D eigenvalue weighted by molar-refractivity contribution is 6.32. The van der Waals surface area contributed by atoms with E-state index in [1.165, 1.54) is 13.8 Å². The first kappa shape index (κ1) is 28.2. The Hall–Kier alpha value is -3.06. The molecule has 8 heteroatoms. The highest BCUT2D eigenvalue weighted by Gasteiger charge is 2.35. The Balaban J connectivity index is 2.13. The molecule has 190 valence electrons. The van der Waals surface area contributed by atoms with Crippen molar-refractivity contribution < 1.29 is 28.6 Å². The second-order valence-corrected chi connectivity index (χ2v) is 9.15. The quantitative estimate of drug-likeness (QED) is 0.284. The molecule has 0 spiro atoms. The second-order valence-electron chi connectivity index (χ2n) is 8.75. The van der Waals surface area contributed by atoms with Gasteiger partial charge in [0.15, 0.2) is 0 Å². The standard InChI is InChI=1S/C27H34ClNO6/c1-4-5-14-33-25-11-10-23(15-24(25)28)22-8-6-21(7-9-22)12-13-27(16-26(29)32,17-34-19(2)30)18-35-20(3)31/h6-11,15H,4-5,12-14,16-18H2,1-3H3,(H2,29,32). The van der Waals surface area contributed by atoms with Crippen LogP contribution in [-0.2, 0) is 30.3 Å². The molecule has 2 N–H and O–H groups in total. The molecule has 0 unspecified atom stereocenters. The molecular weight excluding hydrogens is 470 g/mol. The summed E-state index contributed by atoms with van der Waals surface area (Å²) in [4.78, 5) is 34.6. The maximum Gasteiger partial charge on any atom is 0.302 e. The minimum Gasteiger partial charge on any atom is -0.492 e. The Morgan fingerprint density at radius 2 is 1.54 bits per heavy atom. The molecular formula is C27H34ClNO6. The van der Waals surface area contributed by atoms with Crippen LogP contribution in [0, 0.1) is 5.41 Å². The molecule has 35 heavy (non-hydrogen) atoms. The van der Waals surface area contributed by atoms with Gasteiger partial charge in [-0.05, 0) is 48.1 Å². The largest absolute Gasteiger partial charge is 0.492 e. The zero-order valence-electron chi connectivity index (χ0n) is 20.6. The van der Waals surface area contributed by atoms with Crippen molar-refractivity contribution in [2.24, 2.45) is 11.1 Å². The number of rotatable bonds is 14. The smallest absolute Gasteiger partial charge is 0.302 e. The minimum atomic E-state index is -0.900. The fraction of sp³-hybridized carbons (Fsp3) is 0.444. The number of primary amides is 1. The fourth-order valence-electron chi connectivity index (χ4n) is 3.65. The third kappa shape index (κ3) is 9.61. The lowest BCUT2D eigenvalue weighted by molar-refractivity contribution is -0.154. The van der Waals surface area contributed by atoms with E-state index in [0.29, 0.717) is 30.2 Å². The van der Waals surface area contributed by atoms with E-state index in [9.17, 15) is 14.4 Å². The minimum absolute atomic E-state index is 0.0676. The summed E-state index contributed by atoms with van der Waals surface area (Å²) in [5.41, 5.74) is 7.54. The zero-order valence-corrected chi connectivity index (χ0v) is 21.4. The van der Waals surface area contributed by atoms with Gasteiger partial charge in [0.2, 0.25) is 5.91 Å². The van der Waals surface area contributed by atoms with Crippen LogP contribution in [0.2, 0.25) is 5.02 Å². The van der Waals surface area contributed by atoms with E-state index >= 15 is 0 Å². The lowest BCUT2D eigenvalue weighted by Crippen LogP contribution is -2.38. The Bertz CT molecular complexity index is 987. The first-order chi connectivity index (χ1) is 16.6. The van der Waals surface area contributed by atoms with Crippen LogP contribution in [0.5, 0.6) is 5.75 Å². The lowest BCUT2D eigenvalue weighted by Gasteiger charge is -2.31. The Morgan fingerprint density at radius 1 is 0.943 bits per heavy atom. The van der Waals surface area contributed by atoms with Crippen LogP contribution in [0.3, 0.4) is 0 Å². The van der Waals surface area contributed by atoms with E-state index in [-0.39, 0.29) is 19.6 Å². The Kier molecular flexibility index (Phi) is 11.1. The summed E-state index contributed by atoms with van der Waals surface area (Å²) in [6.07, 6.45) is 2.96. The predicted molar refractivity (Wildman–Crippen MR) is 135 cm³/mol. The number of amides is 1. The number of benzene rings is 2. The maximum atomic E-state index is 11.8. The zero-order chi connectivity index (χ0) is 25.8. The van der Waals surface area contributed by atoms with Crippen LogP contribution in [0.4, 0.5) is 0 Å². The van der Waals surface area contributed by atoms with Crippen LogP contribution in [0.1, 0.15) is 52.0 Å². The number of hydrogen-bond donors (Lipinski definition) is 1. The van der Waals surface area contributed by atoms with Gasteiger partial charge in [-0.2, -0.15) is 0 Å². The molecule has 0 saturated carbocycles. The number of hydrogen-bond acceptors (Lipinski definition) is 6. The molecule has 0 heterocycles. The topological polar surface area (TPSA) is 105 Å². The van der Waals surface area contributed by atoms with Crippen molar-refractivity contribution in [3.63, 3.8) is 0 Å². The summed E-state index contributed by atoms with van der Waals surface area (Å²) in [5.74, 6) is -0.844. The number of carbonyl (C=O) groups excluding carboxylic acids is 3. The van der Waals surface area contributed by atoms with Crippen LogP contribution < -0.4 is 10.5 Å². The number of nitrogens with two attached hydrogens (primary N) is 1. The molecule has 0 aliphatic carbocycles. The molecule has 0 aliphatic heterocycles. The molecule has 0 saturated heterocycles. The first-order valence-electron chi connectivity index (χ1n) is 11.7. The van der Waals surface area contributed by atoms with Gasteiger partial charge in [0, 0.05) is 25.7 Å². The van der Waals surface area contributed by atoms with E-state index in [4.69, 9.17) is 31.5 Å². The third-order valence-electron chi connectivity index (χ3n) is 5.63. The monoisotopic (exact) mass is 503 g/mol. The molecule has 2 aromatic carbocycles. The number of ether oxygens (including phenoxy) is 3. The summed E-state index contributed by atoms with van der Waals surface area (Å²) in [5, 5.41) is 0.565. The fourth-order valence-corrected chi connectivity index (χ4v) is 3.89. The molecule has 0 fully saturated rings. The summed E-state index contributed by atoms with van der Waals surface area (Å²) in [6, 6.07) is 13.7. The maximum absolute atomic E-state index is 11.8. The van der Waals surface area contributed by atoms with Crippen molar-refractivity contribution in [1.82, 2.24) is 0 Å². The van der Waals surface area contributed by atoms with Crippen LogP contribution >= 0.6 is 11.6 Å². The van der Waals surface area contributed by atoms with E-state index in [1.54, 1.807) is 0 Å².